The first-order valence-electron chi connectivity index (χ1n) is 11.8. The number of benzene rings is 1. The fourth-order valence-electron chi connectivity index (χ4n) is 4.36. The molecule has 0 radical (unpaired) electrons. The van der Waals surface area contributed by atoms with Crippen molar-refractivity contribution in [2.75, 3.05) is 57.8 Å². The van der Waals surface area contributed by atoms with Gasteiger partial charge in [-0.05, 0) is 44.0 Å². The van der Waals surface area contributed by atoms with Crippen molar-refractivity contribution < 1.29 is 4.79 Å². The summed E-state index contributed by atoms with van der Waals surface area (Å²) < 4.78 is 0. The molecule has 1 amide bonds. The number of anilines is 1. The molecule has 1 aromatic carbocycles. The predicted molar refractivity (Wildman–Crippen MR) is 144 cm³/mol. The fourth-order valence-corrected chi connectivity index (χ4v) is 4.36. The first-order chi connectivity index (χ1) is 15.0. The lowest BCUT2D eigenvalue weighted by Gasteiger charge is -2.40. The van der Waals surface area contributed by atoms with E-state index < -0.39 is 0 Å². The Bertz CT molecular complexity index is 731. The number of amides is 1. The molecule has 180 valence electrons. The molecule has 2 saturated heterocycles. The molecule has 2 fully saturated rings. The van der Waals surface area contributed by atoms with Gasteiger partial charge in [-0.3, -0.25) is 9.69 Å². The summed E-state index contributed by atoms with van der Waals surface area (Å²) >= 11 is 0. The molecule has 8 heteroatoms. The number of rotatable bonds is 8. The van der Waals surface area contributed by atoms with E-state index in [0.29, 0.717) is 24.9 Å². The first-order valence-corrected chi connectivity index (χ1v) is 11.8. The lowest BCUT2D eigenvalue weighted by Crippen LogP contribution is -2.55. The highest BCUT2D eigenvalue weighted by atomic mass is 127. The van der Waals surface area contributed by atoms with E-state index >= 15 is 0 Å². The highest BCUT2D eigenvalue weighted by molar-refractivity contribution is 14.0. The van der Waals surface area contributed by atoms with E-state index in [1.54, 1.807) is 0 Å². The minimum absolute atomic E-state index is 0. The molecular weight excluding hydrogens is 515 g/mol. The van der Waals surface area contributed by atoms with Crippen molar-refractivity contribution >= 4 is 41.5 Å². The smallest absolute Gasteiger partial charge is 0.227 e. The average molecular weight is 557 g/mol. The van der Waals surface area contributed by atoms with Crippen molar-refractivity contribution in [3.63, 3.8) is 0 Å². The van der Waals surface area contributed by atoms with Crippen LogP contribution in [0.4, 0.5) is 5.69 Å². The molecule has 7 nitrogen and oxygen atoms in total. The molecule has 0 aliphatic carbocycles. The molecule has 0 aromatic heterocycles. The van der Waals surface area contributed by atoms with Gasteiger partial charge in [0, 0.05) is 64.0 Å². The minimum Gasteiger partial charge on any atom is -0.357 e. The average Bonchev–Trinajstić information content (AvgIpc) is 3.19. The van der Waals surface area contributed by atoms with Crippen LogP contribution in [-0.2, 0) is 11.3 Å². The maximum absolute atomic E-state index is 11.9. The van der Waals surface area contributed by atoms with Crippen LogP contribution in [0.5, 0.6) is 0 Å². The Morgan fingerprint density at radius 1 is 1.06 bits per heavy atom. The SMILES string of the molecule is CCNC(=NCc1ccc(N2CCCC2=O)cc1)NCC(C(C)C)N1CCN(C)CC1.I. The van der Waals surface area contributed by atoms with Gasteiger partial charge in [0.2, 0.25) is 5.91 Å². The van der Waals surface area contributed by atoms with Crippen molar-refractivity contribution in [3.8, 4) is 0 Å². The van der Waals surface area contributed by atoms with Crippen LogP contribution in [0.25, 0.3) is 0 Å². The molecule has 2 heterocycles. The highest BCUT2D eigenvalue weighted by Gasteiger charge is 2.25. The van der Waals surface area contributed by atoms with Crippen molar-refractivity contribution in [3.05, 3.63) is 29.8 Å². The lowest BCUT2D eigenvalue weighted by molar-refractivity contribution is -0.117. The van der Waals surface area contributed by atoms with E-state index in [2.05, 4.69) is 60.4 Å². The summed E-state index contributed by atoms with van der Waals surface area (Å²) in [5.41, 5.74) is 2.14. The Morgan fingerprint density at radius 3 is 2.31 bits per heavy atom. The van der Waals surface area contributed by atoms with Crippen LogP contribution in [0.15, 0.2) is 29.3 Å². The first kappa shape index (κ1) is 26.9. The fraction of sp³-hybridized carbons (Fsp3) is 0.667. The number of likely N-dealkylation sites (N-methyl/N-ethyl adjacent to an activating group) is 1. The topological polar surface area (TPSA) is 63.2 Å². The van der Waals surface area contributed by atoms with Gasteiger partial charge in [-0.15, -0.1) is 24.0 Å². The van der Waals surface area contributed by atoms with Gasteiger partial charge >= 0.3 is 0 Å². The molecule has 2 N–H and O–H groups in total. The Kier molecular flexibility index (Phi) is 11.2. The normalized spacial score (nSPS) is 19.2. The third-order valence-corrected chi connectivity index (χ3v) is 6.34. The maximum Gasteiger partial charge on any atom is 0.227 e. The second kappa shape index (κ2) is 13.3. The number of carbonyl (C=O) groups excluding carboxylic acids is 1. The largest absolute Gasteiger partial charge is 0.357 e. The number of guanidine groups is 1. The van der Waals surface area contributed by atoms with E-state index in [0.717, 1.165) is 69.4 Å². The van der Waals surface area contributed by atoms with E-state index in [-0.39, 0.29) is 29.9 Å². The highest BCUT2D eigenvalue weighted by Crippen LogP contribution is 2.21. The molecule has 2 aliphatic heterocycles. The molecule has 2 aliphatic rings. The van der Waals surface area contributed by atoms with Crippen molar-refractivity contribution in [1.82, 2.24) is 20.4 Å². The molecule has 1 unspecified atom stereocenters. The Balaban J connectivity index is 0.00000363. The number of hydrogen-bond donors (Lipinski definition) is 2. The van der Waals surface area contributed by atoms with E-state index in [9.17, 15) is 4.79 Å². The third-order valence-electron chi connectivity index (χ3n) is 6.34. The number of nitrogens with zero attached hydrogens (tertiary/aromatic N) is 4. The van der Waals surface area contributed by atoms with Crippen molar-refractivity contribution in [2.24, 2.45) is 10.9 Å². The predicted octanol–water partition coefficient (Wildman–Crippen LogP) is 2.76. The Hall–Kier alpha value is -1.39. The molecule has 0 spiro atoms. The lowest BCUT2D eigenvalue weighted by atomic mass is 10.0. The molecule has 0 saturated carbocycles. The monoisotopic (exact) mass is 556 g/mol. The zero-order valence-electron chi connectivity index (χ0n) is 20.1. The van der Waals surface area contributed by atoms with Crippen LogP contribution in [0.2, 0.25) is 0 Å². The van der Waals surface area contributed by atoms with E-state index in [1.807, 2.05) is 17.0 Å². The molecular formula is C24H41IN6O. The van der Waals surface area contributed by atoms with Crippen LogP contribution in [-0.4, -0.2) is 80.6 Å². The molecule has 3 rings (SSSR count). The Labute approximate surface area is 211 Å². The van der Waals surface area contributed by atoms with Crippen LogP contribution in [0.1, 0.15) is 39.2 Å². The van der Waals surface area contributed by atoms with Crippen LogP contribution in [0.3, 0.4) is 0 Å². The summed E-state index contributed by atoms with van der Waals surface area (Å²) in [6.45, 7) is 14.4. The zero-order chi connectivity index (χ0) is 22.2. The van der Waals surface area contributed by atoms with Crippen LogP contribution in [0, 0.1) is 5.92 Å². The Morgan fingerprint density at radius 2 is 1.75 bits per heavy atom. The summed E-state index contributed by atoms with van der Waals surface area (Å²) in [7, 11) is 2.20. The summed E-state index contributed by atoms with van der Waals surface area (Å²) in [4.78, 5) is 23.6. The summed E-state index contributed by atoms with van der Waals surface area (Å²) in [6, 6.07) is 8.73. The number of halogens is 1. The van der Waals surface area contributed by atoms with Gasteiger partial charge in [-0.25, -0.2) is 4.99 Å². The molecule has 1 atom stereocenters. The second-order valence-electron chi connectivity index (χ2n) is 9.04. The molecule has 32 heavy (non-hydrogen) atoms. The second-order valence-corrected chi connectivity index (χ2v) is 9.04. The number of aliphatic imine (C=N–C) groups is 1. The molecule has 0 bridgehead atoms. The number of nitrogens with one attached hydrogen (secondary N) is 2. The van der Waals surface area contributed by atoms with Gasteiger partial charge < -0.3 is 20.4 Å². The van der Waals surface area contributed by atoms with Gasteiger partial charge in [-0.1, -0.05) is 26.0 Å². The summed E-state index contributed by atoms with van der Waals surface area (Å²) in [6.07, 6.45) is 1.61. The van der Waals surface area contributed by atoms with Crippen LogP contribution < -0.4 is 15.5 Å². The summed E-state index contributed by atoms with van der Waals surface area (Å²) in [5, 5.41) is 6.95. The number of piperazine rings is 1. The summed E-state index contributed by atoms with van der Waals surface area (Å²) in [5.74, 6) is 1.67. The van der Waals surface area contributed by atoms with Gasteiger partial charge in [0.15, 0.2) is 5.96 Å². The third kappa shape index (κ3) is 7.59. The van der Waals surface area contributed by atoms with Crippen LogP contribution >= 0.6 is 24.0 Å². The standard InChI is InChI=1S/C24H40N6O.HI/c1-5-25-24(27-18-22(19(2)3)29-15-13-28(4)14-16-29)26-17-20-8-10-21(11-9-20)30-12-6-7-23(30)31;/h8-11,19,22H,5-7,12-18H2,1-4H3,(H2,25,26,27);1H. The van der Waals surface area contributed by atoms with E-state index in [4.69, 9.17) is 4.99 Å². The minimum atomic E-state index is 0. The molecule has 1 aromatic rings. The van der Waals surface area contributed by atoms with Crippen molar-refractivity contribution in [1.29, 1.82) is 0 Å². The van der Waals surface area contributed by atoms with Gasteiger partial charge in [0.25, 0.3) is 0 Å². The van der Waals surface area contributed by atoms with Gasteiger partial charge in [0.1, 0.15) is 0 Å². The number of hydrogen-bond acceptors (Lipinski definition) is 4. The van der Waals surface area contributed by atoms with Gasteiger partial charge in [-0.2, -0.15) is 0 Å². The number of carbonyl (C=O) groups is 1. The van der Waals surface area contributed by atoms with E-state index in [1.165, 1.54) is 0 Å². The quantitative estimate of drug-likeness (QED) is 0.293. The maximum atomic E-state index is 11.9. The van der Waals surface area contributed by atoms with Crippen molar-refractivity contribution in [2.45, 2.75) is 46.2 Å². The zero-order valence-corrected chi connectivity index (χ0v) is 22.5. The van der Waals surface area contributed by atoms with Gasteiger partial charge in [0.05, 0.1) is 6.54 Å².